The number of nitrogens with zero attached hydrogens (tertiary/aromatic N) is 2. The van der Waals surface area contributed by atoms with Crippen molar-refractivity contribution in [2.24, 2.45) is 0 Å². The van der Waals surface area contributed by atoms with E-state index in [1.165, 1.54) is 18.2 Å². The summed E-state index contributed by atoms with van der Waals surface area (Å²) in [6.07, 6.45) is 1.20. The van der Waals surface area contributed by atoms with Gasteiger partial charge in [-0.25, -0.2) is 8.78 Å². The number of rotatable bonds is 5. The predicted molar refractivity (Wildman–Crippen MR) is 88.9 cm³/mol. The maximum Gasteiger partial charge on any atom is 0.246 e. The molecule has 1 N–H and O–H groups in total. The molecule has 26 heavy (non-hydrogen) atoms. The summed E-state index contributed by atoms with van der Waals surface area (Å²) in [6.45, 7) is 0.0449. The van der Waals surface area contributed by atoms with E-state index in [-0.39, 0.29) is 30.0 Å². The second-order valence-corrected chi connectivity index (χ2v) is 6.26. The van der Waals surface area contributed by atoms with Gasteiger partial charge < -0.3 is 9.84 Å². The van der Waals surface area contributed by atoms with Crippen molar-refractivity contribution >= 4 is 5.91 Å². The Kier molecular flexibility index (Phi) is 3.99. The van der Waals surface area contributed by atoms with Gasteiger partial charge in [0, 0.05) is 11.1 Å². The fourth-order valence-corrected chi connectivity index (χ4v) is 2.96. The maximum absolute atomic E-state index is 14.0. The van der Waals surface area contributed by atoms with Crippen molar-refractivity contribution in [1.82, 2.24) is 15.5 Å². The Hall–Kier alpha value is -3.09. The van der Waals surface area contributed by atoms with Gasteiger partial charge in [0.05, 0.1) is 12.0 Å². The van der Waals surface area contributed by atoms with Crippen molar-refractivity contribution in [3.05, 3.63) is 71.6 Å². The molecule has 132 valence electrons. The van der Waals surface area contributed by atoms with Crippen molar-refractivity contribution in [1.29, 1.82) is 0 Å². The first-order valence-corrected chi connectivity index (χ1v) is 8.20. The molecule has 0 bridgehead atoms. The topological polar surface area (TPSA) is 68.0 Å². The van der Waals surface area contributed by atoms with Gasteiger partial charge in [0.25, 0.3) is 0 Å². The molecule has 1 saturated carbocycles. The largest absolute Gasteiger partial charge is 0.346 e. The third kappa shape index (κ3) is 2.96. The van der Waals surface area contributed by atoms with E-state index < -0.39 is 5.41 Å². The minimum atomic E-state index is -0.814. The first-order valence-electron chi connectivity index (χ1n) is 8.20. The van der Waals surface area contributed by atoms with Gasteiger partial charge in [-0.1, -0.05) is 23.4 Å². The van der Waals surface area contributed by atoms with Gasteiger partial charge in [0.2, 0.25) is 17.6 Å². The summed E-state index contributed by atoms with van der Waals surface area (Å²) >= 11 is 0. The van der Waals surface area contributed by atoms with Gasteiger partial charge in [-0.3, -0.25) is 4.79 Å². The Bertz CT molecular complexity index is 949. The van der Waals surface area contributed by atoms with Crippen LogP contribution in [0, 0.1) is 11.6 Å². The molecule has 0 spiro atoms. The number of aromatic nitrogens is 2. The zero-order valence-electron chi connectivity index (χ0n) is 13.7. The molecule has 1 aliphatic rings. The number of carbonyl (C=O) groups is 1. The molecule has 1 aromatic heterocycles. The second-order valence-electron chi connectivity index (χ2n) is 6.26. The molecular weight excluding hydrogens is 340 g/mol. The Morgan fingerprint density at radius 3 is 2.54 bits per heavy atom. The van der Waals surface area contributed by atoms with Crippen molar-refractivity contribution < 1.29 is 18.1 Å². The molecule has 3 aromatic rings. The van der Waals surface area contributed by atoms with Crippen molar-refractivity contribution in [3.8, 4) is 11.4 Å². The van der Waals surface area contributed by atoms with Crippen LogP contribution in [0.4, 0.5) is 8.78 Å². The molecule has 1 heterocycles. The first kappa shape index (κ1) is 16.4. The van der Waals surface area contributed by atoms with E-state index in [1.54, 1.807) is 30.3 Å². The smallest absolute Gasteiger partial charge is 0.246 e. The highest BCUT2D eigenvalue weighted by molar-refractivity contribution is 5.91. The molecule has 5 nitrogen and oxygen atoms in total. The van der Waals surface area contributed by atoms with E-state index in [0.717, 1.165) is 0 Å². The minimum absolute atomic E-state index is 0.0449. The monoisotopic (exact) mass is 355 g/mol. The lowest BCUT2D eigenvalue weighted by Crippen LogP contribution is -2.35. The van der Waals surface area contributed by atoms with E-state index >= 15 is 0 Å². The molecule has 1 aliphatic carbocycles. The van der Waals surface area contributed by atoms with Crippen LogP contribution in [0.5, 0.6) is 0 Å². The molecule has 0 radical (unpaired) electrons. The Balaban J connectivity index is 1.44. The summed E-state index contributed by atoms with van der Waals surface area (Å²) in [4.78, 5) is 16.7. The van der Waals surface area contributed by atoms with Crippen LogP contribution in [0.2, 0.25) is 0 Å². The second kappa shape index (κ2) is 6.33. The van der Waals surface area contributed by atoms with Gasteiger partial charge in [-0.2, -0.15) is 4.98 Å². The Labute approximate surface area is 148 Å². The highest BCUT2D eigenvalue weighted by Gasteiger charge is 2.52. The van der Waals surface area contributed by atoms with Gasteiger partial charge in [-0.05, 0) is 43.2 Å². The molecule has 0 aliphatic heterocycles. The quantitative estimate of drug-likeness (QED) is 0.762. The summed E-state index contributed by atoms with van der Waals surface area (Å²) in [5, 5.41) is 6.56. The summed E-state index contributed by atoms with van der Waals surface area (Å²) in [7, 11) is 0. The number of halogens is 2. The van der Waals surface area contributed by atoms with Gasteiger partial charge in [0.1, 0.15) is 11.6 Å². The van der Waals surface area contributed by atoms with Crippen LogP contribution in [0.1, 0.15) is 24.3 Å². The number of hydrogen-bond donors (Lipinski definition) is 1. The van der Waals surface area contributed by atoms with Crippen LogP contribution in [0.25, 0.3) is 11.4 Å². The Morgan fingerprint density at radius 1 is 1.12 bits per heavy atom. The number of nitrogens with one attached hydrogen (secondary N) is 1. The zero-order valence-corrected chi connectivity index (χ0v) is 13.7. The number of benzene rings is 2. The van der Waals surface area contributed by atoms with E-state index in [1.807, 2.05) is 0 Å². The average molecular weight is 355 g/mol. The van der Waals surface area contributed by atoms with Crippen LogP contribution in [0.15, 0.2) is 53.1 Å². The lowest BCUT2D eigenvalue weighted by Gasteiger charge is -2.15. The lowest BCUT2D eigenvalue weighted by molar-refractivity contribution is -0.123. The molecule has 0 unspecified atom stereocenters. The molecule has 1 amide bonds. The fourth-order valence-electron chi connectivity index (χ4n) is 2.96. The SMILES string of the molecule is O=C(NCc1nc(-c2ccc(F)cc2)no1)C1(c2ccccc2F)CC1. The van der Waals surface area contributed by atoms with Crippen molar-refractivity contribution in [2.45, 2.75) is 24.8 Å². The molecule has 4 rings (SSSR count). The van der Waals surface area contributed by atoms with Gasteiger partial charge in [-0.15, -0.1) is 0 Å². The maximum atomic E-state index is 14.0. The predicted octanol–water partition coefficient (Wildman–Crippen LogP) is 3.36. The molecular formula is C19H15F2N3O2. The van der Waals surface area contributed by atoms with Gasteiger partial charge >= 0.3 is 0 Å². The van der Waals surface area contributed by atoms with E-state index in [2.05, 4.69) is 15.5 Å². The molecule has 0 saturated heterocycles. The van der Waals surface area contributed by atoms with Crippen LogP contribution in [-0.2, 0) is 16.8 Å². The van der Waals surface area contributed by atoms with E-state index in [4.69, 9.17) is 4.52 Å². The first-order chi connectivity index (χ1) is 12.6. The Morgan fingerprint density at radius 2 is 1.85 bits per heavy atom. The summed E-state index contributed by atoms with van der Waals surface area (Å²) in [6, 6.07) is 12.0. The normalized spacial score (nSPS) is 14.8. The average Bonchev–Trinajstić information content (AvgIpc) is 3.32. The number of hydrogen-bond acceptors (Lipinski definition) is 4. The van der Waals surface area contributed by atoms with Crippen molar-refractivity contribution in [2.75, 3.05) is 0 Å². The fraction of sp³-hybridized carbons (Fsp3) is 0.211. The van der Waals surface area contributed by atoms with Crippen LogP contribution in [0.3, 0.4) is 0 Å². The summed E-state index contributed by atoms with van der Waals surface area (Å²) < 4.78 is 32.1. The zero-order chi connectivity index (χ0) is 18.1. The summed E-state index contributed by atoms with van der Waals surface area (Å²) in [5.41, 5.74) is 0.207. The number of amides is 1. The minimum Gasteiger partial charge on any atom is -0.346 e. The molecule has 1 fully saturated rings. The van der Waals surface area contributed by atoms with E-state index in [9.17, 15) is 13.6 Å². The molecule has 0 atom stereocenters. The standard InChI is InChI=1S/C19H15F2N3O2/c20-13-7-5-12(6-8-13)17-23-16(26-24-17)11-22-18(25)19(9-10-19)14-3-1-2-4-15(14)21/h1-8H,9-11H2,(H,22,25). The van der Waals surface area contributed by atoms with Crippen molar-refractivity contribution in [3.63, 3.8) is 0 Å². The van der Waals surface area contributed by atoms with Gasteiger partial charge in [0.15, 0.2) is 0 Å². The van der Waals surface area contributed by atoms with E-state index in [0.29, 0.717) is 29.8 Å². The van der Waals surface area contributed by atoms with Crippen LogP contribution >= 0.6 is 0 Å². The highest BCUT2D eigenvalue weighted by atomic mass is 19.1. The molecule has 2 aromatic carbocycles. The molecule has 7 heteroatoms. The van der Waals surface area contributed by atoms with Crippen LogP contribution < -0.4 is 5.32 Å². The highest BCUT2D eigenvalue weighted by Crippen LogP contribution is 2.49. The summed E-state index contributed by atoms with van der Waals surface area (Å²) in [5.74, 6) is -0.459. The third-order valence-electron chi connectivity index (χ3n) is 4.54. The lowest BCUT2D eigenvalue weighted by atomic mass is 9.94. The third-order valence-corrected chi connectivity index (χ3v) is 4.54. The number of carbonyl (C=O) groups excluding carboxylic acids is 1. The van der Waals surface area contributed by atoms with Crippen LogP contribution in [-0.4, -0.2) is 16.0 Å².